The third-order valence-electron chi connectivity index (χ3n) is 7.24. The topological polar surface area (TPSA) is 0 Å². The van der Waals surface area contributed by atoms with Gasteiger partial charge in [-0.2, -0.15) is 0 Å². The van der Waals surface area contributed by atoms with Gasteiger partial charge in [-0.3, -0.25) is 0 Å². The van der Waals surface area contributed by atoms with Crippen molar-refractivity contribution >= 4 is 0 Å². The van der Waals surface area contributed by atoms with Crippen molar-refractivity contribution in [3.63, 3.8) is 0 Å². The van der Waals surface area contributed by atoms with Gasteiger partial charge in [0.15, 0.2) is 0 Å². The summed E-state index contributed by atoms with van der Waals surface area (Å²) in [6.07, 6.45) is 20.8. The van der Waals surface area contributed by atoms with Gasteiger partial charge in [0.05, 0.1) is 0 Å². The molecule has 0 amide bonds. The van der Waals surface area contributed by atoms with E-state index >= 15 is 0 Å². The Kier molecular flexibility index (Phi) is 7.44. The first-order chi connectivity index (χ1) is 11.1. The minimum Gasteiger partial charge on any atom is -0.0988 e. The fourth-order valence-corrected chi connectivity index (χ4v) is 5.51. The minimum absolute atomic E-state index is 0.615. The van der Waals surface area contributed by atoms with Gasteiger partial charge in [-0.05, 0) is 48.9 Å². The molecule has 0 aromatic carbocycles. The second-order valence-electron chi connectivity index (χ2n) is 8.63. The molecular formula is C23H40. The van der Waals surface area contributed by atoms with Gasteiger partial charge in [0.2, 0.25) is 0 Å². The van der Waals surface area contributed by atoms with Gasteiger partial charge in [0.1, 0.15) is 0 Å². The Labute approximate surface area is 145 Å². The van der Waals surface area contributed by atoms with E-state index in [1.165, 1.54) is 89.0 Å². The minimum atomic E-state index is 0.615. The monoisotopic (exact) mass is 316 g/mol. The molecule has 2 atom stereocenters. The van der Waals surface area contributed by atoms with Crippen LogP contribution in [-0.2, 0) is 0 Å². The molecule has 0 bridgehead atoms. The molecule has 2 fully saturated rings. The second kappa shape index (κ2) is 9.09. The highest BCUT2D eigenvalue weighted by atomic mass is 14.4. The van der Waals surface area contributed by atoms with E-state index in [1.54, 1.807) is 0 Å². The van der Waals surface area contributed by atoms with E-state index in [4.69, 9.17) is 0 Å². The first kappa shape index (κ1) is 18.8. The molecule has 2 saturated carbocycles. The molecule has 2 aliphatic rings. The smallest absolute Gasteiger partial charge is 0.0165 e. The lowest BCUT2D eigenvalue weighted by atomic mass is 9.64. The summed E-state index contributed by atoms with van der Waals surface area (Å²) in [7, 11) is 0. The second-order valence-corrected chi connectivity index (χ2v) is 8.63. The Morgan fingerprint density at radius 2 is 1.52 bits per heavy atom. The van der Waals surface area contributed by atoms with Gasteiger partial charge in [0.25, 0.3) is 0 Å². The summed E-state index contributed by atoms with van der Waals surface area (Å²) >= 11 is 0. The molecule has 132 valence electrons. The maximum absolute atomic E-state index is 4.24. The van der Waals surface area contributed by atoms with Gasteiger partial charge >= 0.3 is 0 Å². The quantitative estimate of drug-likeness (QED) is 0.402. The fourth-order valence-electron chi connectivity index (χ4n) is 5.51. The summed E-state index contributed by atoms with van der Waals surface area (Å²) in [6.45, 7) is 13.1. The lowest BCUT2D eigenvalue weighted by Crippen LogP contribution is -2.29. The lowest BCUT2D eigenvalue weighted by molar-refractivity contribution is 0.109. The summed E-state index contributed by atoms with van der Waals surface area (Å²) in [5.74, 6) is 2.66. The van der Waals surface area contributed by atoms with Gasteiger partial charge in [-0.1, -0.05) is 96.4 Å². The summed E-state index contributed by atoms with van der Waals surface area (Å²) in [4.78, 5) is 0. The largest absolute Gasteiger partial charge is 0.0988 e. The maximum atomic E-state index is 4.24. The predicted molar refractivity (Wildman–Crippen MR) is 104 cm³/mol. The average Bonchev–Trinajstić information content (AvgIpc) is 2.61. The molecule has 2 aliphatic carbocycles. The summed E-state index contributed by atoms with van der Waals surface area (Å²) in [6, 6.07) is 0. The number of hydrogen-bond acceptors (Lipinski definition) is 0. The van der Waals surface area contributed by atoms with Crippen molar-refractivity contribution in [3.8, 4) is 0 Å². The fraction of sp³-hybridized carbons (Fsp3) is 0.826. The third-order valence-corrected chi connectivity index (χ3v) is 7.24. The van der Waals surface area contributed by atoms with Crippen LogP contribution in [0.25, 0.3) is 0 Å². The lowest BCUT2D eigenvalue weighted by Gasteiger charge is -2.41. The zero-order valence-corrected chi connectivity index (χ0v) is 15.9. The average molecular weight is 317 g/mol. The predicted octanol–water partition coefficient (Wildman–Crippen LogP) is 7.70. The molecule has 0 heterocycles. The summed E-state index contributed by atoms with van der Waals surface area (Å²) in [5, 5.41) is 0. The Morgan fingerprint density at radius 1 is 0.913 bits per heavy atom. The van der Waals surface area contributed by atoms with Crippen molar-refractivity contribution in [1.82, 2.24) is 0 Å². The summed E-state index contributed by atoms with van der Waals surface area (Å²) < 4.78 is 0. The normalized spacial score (nSPS) is 26.9. The number of allylic oxidation sites excluding steroid dienone is 2. The van der Waals surface area contributed by atoms with Crippen LogP contribution in [0.5, 0.6) is 0 Å². The van der Waals surface area contributed by atoms with Gasteiger partial charge in [-0.15, -0.1) is 0 Å². The van der Waals surface area contributed by atoms with Crippen LogP contribution in [0.3, 0.4) is 0 Å². The Balaban J connectivity index is 1.96. The molecule has 0 heteroatoms. The van der Waals surface area contributed by atoms with E-state index in [0.717, 1.165) is 11.8 Å². The number of rotatable bonds is 8. The molecule has 0 N–H and O–H groups in total. The molecule has 2 rings (SSSR count). The molecule has 2 unspecified atom stereocenters. The van der Waals surface area contributed by atoms with Crippen molar-refractivity contribution in [2.24, 2.45) is 23.2 Å². The van der Waals surface area contributed by atoms with Crippen LogP contribution in [0.4, 0.5) is 0 Å². The van der Waals surface area contributed by atoms with E-state index in [9.17, 15) is 0 Å². The number of hydrogen-bond donors (Lipinski definition) is 0. The first-order valence-corrected chi connectivity index (χ1v) is 10.4. The molecular weight excluding hydrogens is 276 g/mol. The highest BCUT2D eigenvalue weighted by Gasteiger charge is 2.34. The standard InChI is InChI=1S/C23H40/c1-5-19(4)22-15-11-14-21(16-22)18-23(6-2,7-3)17-20-12-9-8-10-13-20/h5,20-22H,1,4,6-18H2,2-3H3. The first-order valence-electron chi connectivity index (χ1n) is 10.4. The molecule has 0 nitrogen and oxygen atoms in total. The van der Waals surface area contributed by atoms with Crippen LogP contribution >= 0.6 is 0 Å². The molecule has 0 radical (unpaired) electrons. The van der Waals surface area contributed by atoms with Crippen LogP contribution < -0.4 is 0 Å². The Hall–Kier alpha value is -0.520. The SMILES string of the molecule is C=CC(=C)C1CCCC(CC(CC)(CC)CC2CCCCC2)C1. The van der Waals surface area contributed by atoms with Crippen LogP contribution in [0, 0.1) is 23.2 Å². The maximum Gasteiger partial charge on any atom is -0.0165 e. The highest BCUT2D eigenvalue weighted by Crippen LogP contribution is 2.47. The van der Waals surface area contributed by atoms with Crippen LogP contribution in [0.15, 0.2) is 24.8 Å². The third kappa shape index (κ3) is 5.23. The molecule has 0 spiro atoms. The van der Waals surface area contributed by atoms with Gasteiger partial charge in [-0.25, -0.2) is 0 Å². The van der Waals surface area contributed by atoms with Crippen molar-refractivity contribution in [2.75, 3.05) is 0 Å². The van der Waals surface area contributed by atoms with Crippen LogP contribution in [-0.4, -0.2) is 0 Å². The van der Waals surface area contributed by atoms with Crippen molar-refractivity contribution in [1.29, 1.82) is 0 Å². The molecule has 0 aliphatic heterocycles. The van der Waals surface area contributed by atoms with E-state index in [-0.39, 0.29) is 0 Å². The Bertz CT molecular complexity index is 367. The molecule has 23 heavy (non-hydrogen) atoms. The van der Waals surface area contributed by atoms with Crippen molar-refractivity contribution in [2.45, 2.75) is 97.3 Å². The van der Waals surface area contributed by atoms with E-state index in [0.29, 0.717) is 11.3 Å². The van der Waals surface area contributed by atoms with Gasteiger partial charge in [0, 0.05) is 0 Å². The summed E-state index contributed by atoms with van der Waals surface area (Å²) in [5.41, 5.74) is 1.91. The van der Waals surface area contributed by atoms with E-state index in [1.807, 2.05) is 6.08 Å². The van der Waals surface area contributed by atoms with Crippen molar-refractivity contribution in [3.05, 3.63) is 24.8 Å². The Morgan fingerprint density at radius 3 is 2.13 bits per heavy atom. The zero-order chi connectivity index (χ0) is 16.7. The van der Waals surface area contributed by atoms with E-state index in [2.05, 4.69) is 27.0 Å². The van der Waals surface area contributed by atoms with Crippen LogP contribution in [0.2, 0.25) is 0 Å². The van der Waals surface area contributed by atoms with Crippen LogP contribution in [0.1, 0.15) is 97.3 Å². The van der Waals surface area contributed by atoms with Gasteiger partial charge < -0.3 is 0 Å². The molecule has 0 aromatic heterocycles. The zero-order valence-electron chi connectivity index (χ0n) is 15.9. The molecule has 0 aromatic rings. The van der Waals surface area contributed by atoms with Crippen molar-refractivity contribution < 1.29 is 0 Å². The highest BCUT2D eigenvalue weighted by molar-refractivity contribution is 5.15. The van der Waals surface area contributed by atoms with E-state index < -0.39 is 0 Å². The molecule has 0 saturated heterocycles.